The van der Waals surface area contributed by atoms with Crippen LogP contribution in [0.1, 0.15) is 16.8 Å². The standard InChI is InChI=1S/C17H13ClO3/c1-11(10-16(19)20)17(21)14-4-2-12(3-5-14)13-6-8-15(18)9-7-13/h2-9H,1,10H2,(H,19,20). The molecule has 106 valence electrons. The zero-order chi connectivity index (χ0) is 15.4. The molecule has 0 spiro atoms. The number of hydrogen-bond acceptors (Lipinski definition) is 2. The van der Waals surface area contributed by atoms with Crippen molar-refractivity contribution in [2.75, 3.05) is 0 Å². The van der Waals surface area contributed by atoms with E-state index in [1.165, 1.54) is 0 Å². The lowest BCUT2D eigenvalue weighted by Gasteiger charge is -2.05. The minimum Gasteiger partial charge on any atom is -0.481 e. The Labute approximate surface area is 127 Å². The van der Waals surface area contributed by atoms with Crippen LogP contribution in [0.2, 0.25) is 5.02 Å². The highest BCUT2D eigenvalue weighted by Gasteiger charge is 2.13. The van der Waals surface area contributed by atoms with Gasteiger partial charge in [0.15, 0.2) is 5.78 Å². The molecule has 2 aromatic rings. The summed E-state index contributed by atoms with van der Waals surface area (Å²) < 4.78 is 0. The van der Waals surface area contributed by atoms with E-state index in [9.17, 15) is 9.59 Å². The largest absolute Gasteiger partial charge is 0.481 e. The van der Waals surface area contributed by atoms with Gasteiger partial charge in [0.1, 0.15) is 0 Å². The zero-order valence-electron chi connectivity index (χ0n) is 11.2. The molecular weight excluding hydrogens is 288 g/mol. The van der Waals surface area contributed by atoms with Crippen molar-refractivity contribution in [1.29, 1.82) is 0 Å². The van der Waals surface area contributed by atoms with E-state index in [2.05, 4.69) is 6.58 Å². The van der Waals surface area contributed by atoms with Crippen LogP contribution in [0.5, 0.6) is 0 Å². The van der Waals surface area contributed by atoms with Gasteiger partial charge in [-0.25, -0.2) is 0 Å². The Hall–Kier alpha value is -2.39. The number of hydrogen-bond donors (Lipinski definition) is 1. The van der Waals surface area contributed by atoms with Crippen LogP contribution in [0.3, 0.4) is 0 Å². The van der Waals surface area contributed by atoms with Crippen molar-refractivity contribution in [3.05, 3.63) is 71.3 Å². The number of Topliss-reactive ketones (excluding diaryl/α,β-unsaturated/α-hetero) is 1. The van der Waals surface area contributed by atoms with Crippen LogP contribution in [-0.2, 0) is 4.79 Å². The smallest absolute Gasteiger partial charge is 0.307 e. The van der Waals surface area contributed by atoms with Crippen LogP contribution in [0, 0.1) is 0 Å². The molecule has 0 bridgehead atoms. The normalized spacial score (nSPS) is 10.1. The van der Waals surface area contributed by atoms with Gasteiger partial charge < -0.3 is 5.11 Å². The summed E-state index contributed by atoms with van der Waals surface area (Å²) in [6.45, 7) is 3.52. The molecule has 0 amide bonds. The molecule has 0 fully saturated rings. The van der Waals surface area contributed by atoms with E-state index in [0.717, 1.165) is 11.1 Å². The Morgan fingerprint density at radius 1 is 0.952 bits per heavy atom. The third kappa shape index (κ3) is 3.80. The second kappa shape index (κ2) is 6.37. The number of carboxylic acid groups (broad SMARTS) is 1. The van der Waals surface area contributed by atoms with Gasteiger partial charge in [-0.1, -0.05) is 54.6 Å². The minimum absolute atomic E-state index is 0.0711. The first-order chi connectivity index (χ1) is 9.97. The maximum Gasteiger partial charge on any atom is 0.307 e. The SMILES string of the molecule is C=C(CC(=O)O)C(=O)c1ccc(-c2ccc(Cl)cc2)cc1. The van der Waals surface area contributed by atoms with E-state index in [1.54, 1.807) is 24.3 Å². The van der Waals surface area contributed by atoms with Crippen LogP contribution < -0.4 is 0 Å². The highest BCUT2D eigenvalue weighted by Crippen LogP contribution is 2.22. The summed E-state index contributed by atoms with van der Waals surface area (Å²) in [5.74, 6) is -1.41. The van der Waals surface area contributed by atoms with Crippen LogP contribution in [0.25, 0.3) is 11.1 Å². The van der Waals surface area contributed by atoms with Crippen molar-refractivity contribution >= 4 is 23.4 Å². The Bertz CT molecular complexity index is 685. The lowest BCUT2D eigenvalue weighted by molar-refractivity contribution is -0.136. The van der Waals surface area contributed by atoms with E-state index in [4.69, 9.17) is 16.7 Å². The lowest BCUT2D eigenvalue weighted by Crippen LogP contribution is -2.07. The molecule has 2 rings (SSSR count). The Balaban J connectivity index is 2.19. The number of ketones is 1. The summed E-state index contributed by atoms with van der Waals surface area (Å²) in [4.78, 5) is 22.6. The average molecular weight is 301 g/mol. The van der Waals surface area contributed by atoms with Gasteiger partial charge in [-0.3, -0.25) is 9.59 Å². The van der Waals surface area contributed by atoms with E-state index < -0.39 is 5.97 Å². The highest BCUT2D eigenvalue weighted by molar-refractivity contribution is 6.30. The maximum atomic E-state index is 12.0. The third-order valence-corrected chi connectivity index (χ3v) is 3.26. The van der Waals surface area contributed by atoms with E-state index >= 15 is 0 Å². The van der Waals surface area contributed by atoms with Gasteiger partial charge in [0.05, 0.1) is 6.42 Å². The summed E-state index contributed by atoms with van der Waals surface area (Å²) in [6, 6.07) is 14.3. The molecule has 0 saturated carbocycles. The van der Waals surface area contributed by atoms with Crippen LogP contribution in [0.15, 0.2) is 60.7 Å². The second-order valence-corrected chi connectivity index (χ2v) is 5.02. The molecule has 0 aliphatic rings. The van der Waals surface area contributed by atoms with Gasteiger partial charge in [0, 0.05) is 16.2 Å². The summed E-state index contributed by atoms with van der Waals surface area (Å²) >= 11 is 5.84. The molecule has 0 aliphatic heterocycles. The van der Waals surface area contributed by atoms with Crippen molar-refractivity contribution in [3.63, 3.8) is 0 Å². The molecule has 0 aliphatic carbocycles. The summed E-state index contributed by atoms with van der Waals surface area (Å²) in [7, 11) is 0. The third-order valence-electron chi connectivity index (χ3n) is 3.01. The average Bonchev–Trinajstić information content (AvgIpc) is 2.47. The van der Waals surface area contributed by atoms with Gasteiger partial charge in [0.25, 0.3) is 0 Å². The van der Waals surface area contributed by atoms with Crippen molar-refractivity contribution in [1.82, 2.24) is 0 Å². The first-order valence-corrected chi connectivity index (χ1v) is 6.65. The van der Waals surface area contributed by atoms with Crippen molar-refractivity contribution < 1.29 is 14.7 Å². The van der Waals surface area contributed by atoms with Crippen molar-refractivity contribution in [2.45, 2.75) is 6.42 Å². The fraction of sp³-hybridized carbons (Fsp3) is 0.0588. The number of carboxylic acids is 1. The fourth-order valence-corrected chi connectivity index (χ4v) is 2.05. The number of rotatable bonds is 5. The highest BCUT2D eigenvalue weighted by atomic mass is 35.5. The molecule has 0 saturated heterocycles. The molecule has 1 N–H and O–H groups in total. The second-order valence-electron chi connectivity index (χ2n) is 4.59. The molecule has 0 atom stereocenters. The molecular formula is C17H13ClO3. The maximum absolute atomic E-state index is 12.0. The minimum atomic E-state index is -1.06. The molecule has 0 radical (unpaired) electrons. The number of aliphatic carboxylic acids is 1. The molecule has 3 nitrogen and oxygen atoms in total. The molecule has 0 heterocycles. The van der Waals surface area contributed by atoms with Gasteiger partial charge >= 0.3 is 5.97 Å². The van der Waals surface area contributed by atoms with Crippen LogP contribution in [0.4, 0.5) is 0 Å². The van der Waals surface area contributed by atoms with Crippen molar-refractivity contribution in [2.24, 2.45) is 0 Å². The first kappa shape index (κ1) is 15.0. The topological polar surface area (TPSA) is 54.4 Å². The van der Waals surface area contributed by atoms with Gasteiger partial charge in [0.2, 0.25) is 0 Å². The van der Waals surface area contributed by atoms with E-state index in [1.807, 2.05) is 24.3 Å². The summed E-state index contributed by atoms with van der Waals surface area (Å²) in [5.41, 5.74) is 2.44. The van der Waals surface area contributed by atoms with Gasteiger partial charge in [-0.2, -0.15) is 0 Å². The Morgan fingerprint density at radius 3 is 1.90 bits per heavy atom. The predicted octanol–water partition coefficient (Wildman–Crippen LogP) is 4.22. The Morgan fingerprint density at radius 2 is 1.43 bits per heavy atom. The molecule has 2 aromatic carbocycles. The van der Waals surface area contributed by atoms with E-state index in [-0.39, 0.29) is 17.8 Å². The summed E-state index contributed by atoms with van der Waals surface area (Å²) in [6.07, 6.45) is -0.349. The molecule has 0 unspecified atom stereocenters. The number of carbonyl (C=O) groups excluding carboxylic acids is 1. The Kier molecular flexibility index (Phi) is 4.55. The molecule has 4 heteroatoms. The quantitative estimate of drug-likeness (QED) is 0.664. The number of carbonyl (C=O) groups is 2. The van der Waals surface area contributed by atoms with Gasteiger partial charge in [-0.15, -0.1) is 0 Å². The van der Waals surface area contributed by atoms with Gasteiger partial charge in [-0.05, 0) is 23.3 Å². The monoisotopic (exact) mass is 300 g/mol. The van der Waals surface area contributed by atoms with E-state index in [0.29, 0.717) is 10.6 Å². The van der Waals surface area contributed by atoms with Crippen LogP contribution in [-0.4, -0.2) is 16.9 Å². The first-order valence-electron chi connectivity index (χ1n) is 6.27. The molecule has 0 aromatic heterocycles. The number of benzene rings is 2. The zero-order valence-corrected chi connectivity index (χ0v) is 11.9. The fourth-order valence-electron chi connectivity index (χ4n) is 1.92. The number of halogens is 1. The lowest BCUT2D eigenvalue weighted by atomic mass is 9.99. The van der Waals surface area contributed by atoms with Crippen LogP contribution >= 0.6 is 11.6 Å². The predicted molar refractivity (Wildman–Crippen MR) is 82.6 cm³/mol. The van der Waals surface area contributed by atoms with Crippen molar-refractivity contribution in [3.8, 4) is 11.1 Å². The molecule has 21 heavy (non-hydrogen) atoms. The summed E-state index contributed by atoms with van der Waals surface area (Å²) in [5, 5.41) is 9.33.